The molecule has 2 aliphatic rings. The van der Waals surface area contributed by atoms with Gasteiger partial charge in [-0.1, -0.05) is 0 Å². The molecule has 0 aromatic carbocycles. The predicted molar refractivity (Wildman–Crippen MR) is 70.0 cm³/mol. The van der Waals surface area contributed by atoms with Crippen LogP contribution in [-0.2, 0) is 9.47 Å². The van der Waals surface area contributed by atoms with Crippen molar-refractivity contribution in [2.45, 2.75) is 17.8 Å². The second-order valence-corrected chi connectivity index (χ2v) is 5.61. The molecule has 102 valence electrons. The number of thioether (sulfide) groups is 1. The van der Waals surface area contributed by atoms with Gasteiger partial charge in [0.25, 0.3) is 0 Å². The first-order chi connectivity index (χ1) is 8.61. The van der Waals surface area contributed by atoms with Crippen LogP contribution in [0.5, 0.6) is 0 Å². The van der Waals surface area contributed by atoms with E-state index in [2.05, 4.69) is 5.32 Å². The van der Waals surface area contributed by atoms with Crippen LogP contribution in [0.4, 0.5) is 4.79 Å². The maximum Gasteiger partial charge on any atom is 0.325 e. The fraction of sp³-hybridized carbons (Fsp3) is 0.727. The number of urea groups is 1. The zero-order valence-corrected chi connectivity index (χ0v) is 11.6. The highest BCUT2D eigenvalue weighted by Crippen LogP contribution is 2.28. The summed E-state index contributed by atoms with van der Waals surface area (Å²) >= 11 is 1.66. The van der Waals surface area contributed by atoms with Crippen molar-refractivity contribution in [3.05, 3.63) is 12.3 Å². The lowest BCUT2D eigenvalue weighted by molar-refractivity contribution is -0.0298. The molecule has 1 fully saturated rings. The summed E-state index contributed by atoms with van der Waals surface area (Å²) in [6.45, 7) is 0.542. The summed E-state index contributed by atoms with van der Waals surface area (Å²) in [5.41, 5.74) is 0.00720. The third kappa shape index (κ3) is 2.97. The lowest BCUT2D eigenvalue weighted by Gasteiger charge is -2.33. The maximum atomic E-state index is 12.0. The lowest BCUT2D eigenvalue weighted by Crippen LogP contribution is -2.54. The van der Waals surface area contributed by atoms with Crippen LogP contribution in [0.25, 0.3) is 0 Å². The van der Waals surface area contributed by atoms with Crippen molar-refractivity contribution in [3.8, 4) is 0 Å². The van der Waals surface area contributed by atoms with E-state index in [-0.39, 0.29) is 23.9 Å². The van der Waals surface area contributed by atoms with Crippen LogP contribution < -0.4 is 5.32 Å². The molecule has 1 N–H and O–H groups in total. The SMILES string of the molecule is COC[C@@H]1O[C@H](N2C=CC(N(C)C)NC2=O)CS1. The van der Waals surface area contributed by atoms with E-state index in [1.807, 2.05) is 25.1 Å². The third-order valence-electron chi connectivity index (χ3n) is 2.84. The number of likely N-dealkylation sites (N-methyl/N-ethyl adjacent to an activating group) is 1. The zero-order chi connectivity index (χ0) is 13.1. The molecule has 1 saturated heterocycles. The minimum Gasteiger partial charge on any atom is -0.381 e. The Hall–Kier alpha value is -0.760. The zero-order valence-electron chi connectivity index (χ0n) is 10.8. The molecule has 0 saturated carbocycles. The number of hydrogen-bond acceptors (Lipinski definition) is 5. The molecule has 1 unspecified atom stereocenters. The summed E-state index contributed by atoms with van der Waals surface area (Å²) in [6, 6.07) is -0.125. The van der Waals surface area contributed by atoms with Gasteiger partial charge in [-0.2, -0.15) is 0 Å². The van der Waals surface area contributed by atoms with E-state index in [0.29, 0.717) is 6.61 Å². The summed E-state index contributed by atoms with van der Waals surface area (Å²) < 4.78 is 10.8. The summed E-state index contributed by atoms with van der Waals surface area (Å²) in [6.07, 6.45) is 3.47. The first kappa shape index (κ1) is 13.7. The summed E-state index contributed by atoms with van der Waals surface area (Å²) in [5.74, 6) is 0.762. The number of hydrogen-bond donors (Lipinski definition) is 1. The molecular weight excluding hydrogens is 254 g/mol. The second kappa shape index (κ2) is 5.92. The Morgan fingerprint density at radius 1 is 1.67 bits per heavy atom. The number of ether oxygens (including phenoxy) is 2. The normalized spacial score (nSPS) is 32.1. The van der Waals surface area contributed by atoms with Gasteiger partial charge in [-0.15, -0.1) is 11.8 Å². The third-order valence-corrected chi connectivity index (χ3v) is 3.93. The molecular formula is C11H19N3O3S. The molecule has 2 aliphatic heterocycles. The van der Waals surface area contributed by atoms with Gasteiger partial charge in [0.15, 0.2) is 0 Å². The van der Waals surface area contributed by atoms with Gasteiger partial charge in [0.1, 0.15) is 17.8 Å². The molecule has 0 aromatic heterocycles. The maximum absolute atomic E-state index is 12.0. The standard InChI is InChI=1S/C11H19N3O3S/c1-13(2)8-4-5-14(11(15)12-8)9-7-18-10(17-9)6-16-3/h4-5,8-10H,6-7H2,1-3H3,(H,12,15)/t8?,9-,10+/m0/s1. The summed E-state index contributed by atoms with van der Waals surface area (Å²) in [4.78, 5) is 15.5. The van der Waals surface area contributed by atoms with Crippen molar-refractivity contribution in [1.82, 2.24) is 15.1 Å². The van der Waals surface area contributed by atoms with Gasteiger partial charge in [-0.05, 0) is 20.2 Å². The Balaban J connectivity index is 1.94. The Morgan fingerprint density at radius 2 is 2.44 bits per heavy atom. The first-order valence-electron chi connectivity index (χ1n) is 5.81. The number of carbonyl (C=O) groups excluding carboxylic acids is 1. The van der Waals surface area contributed by atoms with Gasteiger partial charge >= 0.3 is 6.03 Å². The van der Waals surface area contributed by atoms with E-state index in [4.69, 9.17) is 9.47 Å². The van der Waals surface area contributed by atoms with Gasteiger partial charge in [0.05, 0.1) is 6.61 Å². The number of amides is 2. The number of rotatable bonds is 4. The van der Waals surface area contributed by atoms with Crippen molar-refractivity contribution in [2.24, 2.45) is 0 Å². The van der Waals surface area contributed by atoms with Crippen LogP contribution in [0.15, 0.2) is 12.3 Å². The number of nitrogens with zero attached hydrogens (tertiary/aromatic N) is 2. The highest BCUT2D eigenvalue weighted by atomic mass is 32.2. The van der Waals surface area contributed by atoms with E-state index < -0.39 is 0 Å². The number of methoxy groups -OCH3 is 1. The molecule has 2 rings (SSSR count). The molecule has 2 amide bonds. The average molecular weight is 273 g/mol. The fourth-order valence-electron chi connectivity index (χ4n) is 1.83. The van der Waals surface area contributed by atoms with Crippen LogP contribution >= 0.6 is 11.8 Å². The monoisotopic (exact) mass is 273 g/mol. The van der Waals surface area contributed by atoms with Crippen molar-refractivity contribution in [1.29, 1.82) is 0 Å². The van der Waals surface area contributed by atoms with Crippen LogP contribution in [0.1, 0.15) is 0 Å². The summed E-state index contributed by atoms with van der Waals surface area (Å²) in [5, 5.41) is 2.90. The molecule has 0 bridgehead atoms. The highest BCUT2D eigenvalue weighted by Gasteiger charge is 2.34. The minimum absolute atomic E-state index is 0.00720. The molecule has 0 aromatic rings. The van der Waals surface area contributed by atoms with Gasteiger partial charge in [-0.3, -0.25) is 9.80 Å². The fourth-order valence-corrected chi connectivity index (χ4v) is 2.89. The minimum atomic E-state index is -0.213. The molecule has 7 heteroatoms. The Labute approximate surface area is 111 Å². The van der Waals surface area contributed by atoms with Crippen LogP contribution in [0, 0.1) is 0 Å². The van der Waals surface area contributed by atoms with Gasteiger partial charge < -0.3 is 14.8 Å². The van der Waals surface area contributed by atoms with Crippen LogP contribution in [-0.4, -0.2) is 67.2 Å². The molecule has 3 atom stereocenters. The lowest BCUT2D eigenvalue weighted by atomic mass is 10.3. The smallest absolute Gasteiger partial charge is 0.325 e. The van der Waals surface area contributed by atoms with Gasteiger partial charge in [0, 0.05) is 19.1 Å². The average Bonchev–Trinajstić information content (AvgIpc) is 2.77. The molecule has 6 nitrogen and oxygen atoms in total. The van der Waals surface area contributed by atoms with E-state index in [1.54, 1.807) is 30.0 Å². The first-order valence-corrected chi connectivity index (χ1v) is 6.86. The largest absolute Gasteiger partial charge is 0.381 e. The topological polar surface area (TPSA) is 54.0 Å². The van der Waals surface area contributed by atoms with E-state index in [9.17, 15) is 4.79 Å². The Kier molecular flexibility index (Phi) is 4.50. The number of nitrogens with one attached hydrogen (secondary N) is 1. The Bertz CT molecular complexity index is 337. The van der Waals surface area contributed by atoms with Crippen LogP contribution in [0.3, 0.4) is 0 Å². The van der Waals surface area contributed by atoms with Crippen molar-refractivity contribution in [3.63, 3.8) is 0 Å². The molecule has 2 heterocycles. The van der Waals surface area contributed by atoms with Gasteiger partial charge in [0.2, 0.25) is 0 Å². The van der Waals surface area contributed by atoms with E-state index >= 15 is 0 Å². The van der Waals surface area contributed by atoms with Crippen molar-refractivity contribution >= 4 is 17.8 Å². The molecule has 0 aliphatic carbocycles. The van der Waals surface area contributed by atoms with E-state index in [1.165, 1.54) is 0 Å². The Morgan fingerprint density at radius 3 is 3.06 bits per heavy atom. The highest BCUT2D eigenvalue weighted by molar-refractivity contribution is 8.00. The second-order valence-electron chi connectivity index (χ2n) is 4.42. The summed E-state index contributed by atoms with van der Waals surface area (Å²) in [7, 11) is 5.48. The quantitative estimate of drug-likeness (QED) is 0.807. The van der Waals surface area contributed by atoms with Crippen LogP contribution in [0.2, 0.25) is 0 Å². The molecule has 18 heavy (non-hydrogen) atoms. The molecule has 0 spiro atoms. The van der Waals surface area contributed by atoms with Crippen molar-refractivity contribution in [2.75, 3.05) is 33.6 Å². The predicted octanol–water partition coefficient (Wildman–Crippen LogP) is 0.475. The van der Waals surface area contributed by atoms with E-state index in [0.717, 1.165) is 5.75 Å². The molecule has 0 radical (unpaired) electrons. The van der Waals surface area contributed by atoms with Gasteiger partial charge in [-0.25, -0.2) is 4.79 Å². The van der Waals surface area contributed by atoms with Crippen molar-refractivity contribution < 1.29 is 14.3 Å². The number of carbonyl (C=O) groups is 1.